The van der Waals surface area contributed by atoms with E-state index in [1.165, 1.54) is 0 Å². The van der Waals surface area contributed by atoms with Gasteiger partial charge in [-0.25, -0.2) is 22.7 Å². The number of aromatic nitrogens is 2. The summed E-state index contributed by atoms with van der Waals surface area (Å²) < 4.78 is 33.0. The molecule has 7 heteroatoms. The molecule has 3 heterocycles. The van der Waals surface area contributed by atoms with E-state index in [-0.39, 0.29) is 10.7 Å². The maximum absolute atomic E-state index is 12.7. The lowest BCUT2D eigenvalue weighted by atomic mass is 9.80. The van der Waals surface area contributed by atoms with E-state index in [0.29, 0.717) is 32.1 Å². The lowest BCUT2D eigenvalue weighted by Gasteiger charge is -2.35. The summed E-state index contributed by atoms with van der Waals surface area (Å²) in [5.41, 5.74) is 3.53. The zero-order valence-electron chi connectivity index (χ0n) is 15.4. The molecule has 1 aromatic carbocycles. The largest absolute Gasteiger partial charge is 0.376 e. The molecule has 6 nitrogen and oxygen atoms in total. The molecule has 0 amide bonds. The molecule has 0 radical (unpaired) electrons. The van der Waals surface area contributed by atoms with E-state index in [2.05, 4.69) is 0 Å². The Balaban J connectivity index is 1.57. The highest BCUT2D eigenvalue weighted by Crippen LogP contribution is 2.43. The van der Waals surface area contributed by atoms with Crippen LogP contribution in [0.2, 0.25) is 0 Å². The van der Waals surface area contributed by atoms with E-state index in [0.717, 1.165) is 41.8 Å². The summed E-state index contributed by atoms with van der Waals surface area (Å²) in [6, 6.07) is 9.94. The molecule has 0 bridgehead atoms. The Morgan fingerprint density at radius 1 is 1.19 bits per heavy atom. The van der Waals surface area contributed by atoms with Crippen molar-refractivity contribution in [3.63, 3.8) is 0 Å². The van der Waals surface area contributed by atoms with Crippen molar-refractivity contribution in [1.29, 1.82) is 0 Å². The van der Waals surface area contributed by atoms with E-state index >= 15 is 0 Å². The van der Waals surface area contributed by atoms with Crippen LogP contribution in [0.4, 0.5) is 0 Å². The number of hydrogen-bond acceptors (Lipinski definition) is 5. The van der Waals surface area contributed by atoms with Gasteiger partial charge in [-0.2, -0.15) is 0 Å². The second-order valence-electron chi connectivity index (χ2n) is 7.93. The molecule has 27 heavy (non-hydrogen) atoms. The second-order valence-corrected chi connectivity index (χ2v) is 10.1. The van der Waals surface area contributed by atoms with Crippen molar-refractivity contribution in [1.82, 2.24) is 14.3 Å². The summed E-state index contributed by atoms with van der Waals surface area (Å²) in [6.07, 6.45) is 2.33. The molecular weight excluding hydrogens is 362 g/mol. The van der Waals surface area contributed by atoms with Gasteiger partial charge >= 0.3 is 0 Å². The first kappa shape index (κ1) is 17.3. The van der Waals surface area contributed by atoms with Crippen LogP contribution in [0.25, 0.3) is 11.4 Å². The van der Waals surface area contributed by atoms with E-state index in [1.807, 2.05) is 37.3 Å². The second kappa shape index (κ2) is 6.09. The molecule has 0 N–H and O–H groups in total. The number of aryl methyl sites for hydroxylation is 1. The fraction of sp³-hybridized carbons (Fsp3) is 0.500. The Kier molecular flexibility index (Phi) is 3.90. The van der Waals surface area contributed by atoms with E-state index < -0.39 is 10.0 Å². The summed E-state index contributed by atoms with van der Waals surface area (Å²) in [6.45, 7) is 4.01. The van der Waals surface area contributed by atoms with E-state index in [9.17, 15) is 8.42 Å². The number of rotatable bonds is 3. The third-order valence-electron chi connectivity index (χ3n) is 6.00. The number of nitrogens with zero attached hydrogens (tertiary/aromatic N) is 3. The van der Waals surface area contributed by atoms with Crippen LogP contribution in [0.1, 0.15) is 36.2 Å². The maximum atomic E-state index is 12.7. The van der Waals surface area contributed by atoms with Gasteiger partial charge in [0, 0.05) is 29.9 Å². The van der Waals surface area contributed by atoms with Crippen molar-refractivity contribution in [2.75, 3.05) is 19.7 Å². The minimum absolute atomic E-state index is 0.177. The fourth-order valence-electron chi connectivity index (χ4n) is 4.28. The van der Waals surface area contributed by atoms with Gasteiger partial charge in [0.25, 0.3) is 0 Å². The first-order valence-corrected chi connectivity index (χ1v) is 11.0. The molecule has 142 valence electrons. The summed E-state index contributed by atoms with van der Waals surface area (Å²) in [5.74, 6) is 0.705. The van der Waals surface area contributed by atoms with Gasteiger partial charge in [-0.05, 0) is 26.2 Å². The minimum Gasteiger partial charge on any atom is -0.376 e. The molecule has 5 rings (SSSR count). The van der Waals surface area contributed by atoms with Crippen LogP contribution < -0.4 is 0 Å². The molecule has 1 spiro atoms. The van der Waals surface area contributed by atoms with Crippen molar-refractivity contribution < 1.29 is 13.2 Å². The smallest absolute Gasteiger partial charge is 0.217 e. The highest BCUT2D eigenvalue weighted by molar-refractivity contribution is 7.90. The van der Waals surface area contributed by atoms with Crippen molar-refractivity contribution >= 4 is 10.0 Å². The summed E-state index contributed by atoms with van der Waals surface area (Å²) >= 11 is 0. The topological polar surface area (TPSA) is 72.4 Å². The Hall–Kier alpha value is -1.83. The number of fused-ring (bicyclic) bond motifs is 2. The van der Waals surface area contributed by atoms with Crippen LogP contribution in [0.5, 0.6) is 0 Å². The molecule has 2 aliphatic heterocycles. The van der Waals surface area contributed by atoms with E-state index in [4.69, 9.17) is 14.7 Å². The normalized spacial score (nSPS) is 25.7. The van der Waals surface area contributed by atoms with Gasteiger partial charge in [0.05, 0.1) is 29.6 Å². The molecule has 1 atom stereocenters. The highest BCUT2D eigenvalue weighted by atomic mass is 32.2. The SMILES string of the molecule is Cc1nc(-c2ccccc2)nc2c1COC[C@@]21CCN(S(=O)(=O)C2CC2)C1. The first-order chi connectivity index (χ1) is 13.0. The third-order valence-corrected chi connectivity index (χ3v) is 8.34. The van der Waals surface area contributed by atoms with Crippen molar-refractivity contribution in [3.05, 3.63) is 47.3 Å². The van der Waals surface area contributed by atoms with Crippen LogP contribution in [0.15, 0.2) is 30.3 Å². The van der Waals surface area contributed by atoms with Gasteiger partial charge in [0.15, 0.2) is 5.82 Å². The van der Waals surface area contributed by atoms with Gasteiger partial charge in [-0.15, -0.1) is 0 Å². The molecule has 1 aromatic heterocycles. The Labute approximate surface area is 159 Å². The average molecular weight is 385 g/mol. The van der Waals surface area contributed by atoms with Gasteiger partial charge in [-0.1, -0.05) is 30.3 Å². The van der Waals surface area contributed by atoms with Gasteiger partial charge in [0.2, 0.25) is 10.0 Å². The van der Waals surface area contributed by atoms with Crippen LogP contribution in [0, 0.1) is 6.92 Å². The molecule has 1 saturated carbocycles. The molecule has 3 aliphatic rings. The highest BCUT2D eigenvalue weighted by Gasteiger charge is 2.51. The van der Waals surface area contributed by atoms with Gasteiger partial charge in [-0.3, -0.25) is 0 Å². The Morgan fingerprint density at radius 2 is 1.96 bits per heavy atom. The van der Waals surface area contributed by atoms with Crippen LogP contribution >= 0.6 is 0 Å². The van der Waals surface area contributed by atoms with Crippen molar-refractivity contribution in [3.8, 4) is 11.4 Å². The minimum atomic E-state index is -3.18. The Morgan fingerprint density at radius 3 is 2.70 bits per heavy atom. The predicted octanol–water partition coefficient (Wildman–Crippen LogP) is 2.42. The van der Waals surface area contributed by atoms with Gasteiger partial charge < -0.3 is 4.74 Å². The van der Waals surface area contributed by atoms with Crippen molar-refractivity contribution in [2.45, 2.75) is 43.5 Å². The Bertz CT molecular complexity index is 989. The van der Waals surface area contributed by atoms with Crippen LogP contribution in [-0.4, -0.2) is 47.6 Å². The van der Waals surface area contributed by atoms with Crippen LogP contribution in [0.3, 0.4) is 0 Å². The molecule has 2 fully saturated rings. The molecule has 2 aromatic rings. The fourth-order valence-corrected chi connectivity index (χ4v) is 6.21. The lowest BCUT2D eigenvalue weighted by molar-refractivity contribution is 0.0527. The molecule has 1 aliphatic carbocycles. The number of hydrogen-bond donors (Lipinski definition) is 0. The zero-order chi connectivity index (χ0) is 18.6. The number of sulfonamides is 1. The quantitative estimate of drug-likeness (QED) is 0.811. The summed E-state index contributed by atoms with van der Waals surface area (Å²) in [4.78, 5) is 9.64. The average Bonchev–Trinajstić information content (AvgIpc) is 3.45. The van der Waals surface area contributed by atoms with Crippen LogP contribution in [-0.2, 0) is 26.8 Å². The molecule has 1 saturated heterocycles. The first-order valence-electron chi connectivity index (χ1n) is 9.50. The lowest BCUT2D eigenvalue weighted by Crippen LogP contribution is -2.42. The molecule has 0 unspecified atom stereocenters. The standard InChI is InChI=1S/C20H23N3O3S/c1-14-17-11-26-13-20(9-10-23(12-20)27(24,25)16-7-8-16)18(17)22-19(21-14)15-5-3-2-4-6-15/h2-6,16H,7-13H2,1H3/t20-/m0/s1. The number of benzene rings is 1. The summed E-state index contributed by atoms with van der Waals surface area (Å²) in [7, 11) is -3.18. The monoisotopic (exact) mass is 385 g/mol. The van der Waals surface area contributed by atoms with E-state index in [1.54, 1.807) is 4.31 Å². The summed E-state index contributed by atoms with van der Waals surface area (Å²) in [5, 5.41) is -0.177. The zero-order valence-corrected chi connectivity index (χ0v) is 16.2. The van der Waals surface area contributed by atoms with Gasteiger partial charge in [0.1, 0.15) is 0 Å². The molecular formula is C20H23N3O3S. The van der Waals surface area contributed by atoms with Crippen molar-refractivity contribution in [2.24, 2.45) is 0 Å². The number of ether oxygens (including phenoxy) is 1. The third kappa shape index (κ3) is 2.80. The maximum Gasteiger partial charge on any atom is 0.217 e. The predicted molar refractivity (Wildman–Crippen MR) is 102 cm³/mol.